The van der Waals surface area contributed by atoms with Crippen LogP contribution in [0.5, 0.6) is 0 Å². The highest BCUT2D eigenvalue weighted by molar-refractivity contribution is 7.98. The molecule has 0 aliphatic carbocycles. The molecule has 0 aliphatic heterocycles. The molecule has 0 bridgehead atoms. The van der Waals surface area contributed by atoms with Crippen LogP contribution in [0.3, 0.4) is 0 Å². The van der Waals surface area contributed by atoms with Gasteiger partial charge in [-0.1, -0.05) is 25.4 Å². The molecular weight excluding hydrogens is 338 g/mol. The van der Waals surface area contributed by atoms with E-state index < -0.39 is 0 Å². The second kappa shape index (κ2) is 9.50. The van der Waals surface area contributed by atoms with Gasteiger partial charge in [-0.25, -0.2) is 0 Å². The normalized spacial score (nSPS) is 12.8. The molecule has 2 rings (SSSR count). The molecule has 1 atom stereocenters. The fraction of sp³-hybridized carbons (Fsp3) is 0.526. The molecule has 0 saturated heterocycles. The van der Waals surface area contributed by atoms with Gasteiger partial charge in [-0.05, 0) is 63.9 Å². The molecule has 5 heteroatoms. The van der Waals surface area contributed by atoms with Crippen LogP contribution in [-0.4, -0.2) is 41.8 Å². The highest BCUT2D eigenvalue weighted by Crippen LogP contribution is 2.33. The summed E-state index contributed by atoms with van der Waals surface area (Å²) in [6.45, 7) is 10.1. The molecule has 1 N–H and O–H groups in total. The third-order valence-corrected chi connectivity index (χ3v) is 5.40. The molecule has 1 heterocycles. The molecule has 0 spiro atoms. The third-order valence-electron chi connectivity index (χ3n) is 4.41. The Balaban J connectivity index is 2.10. The van der Waals surface area contributed by atoms with Crippen LogP contribution in [0, 0.1) is 0 Å². The number of nitrogens with zero attached hydrogens (tertiary/aromatic N) is 2. The van der Waals surface area contributed by atoms with Gasteiger partial charge in [-0.2, -0.15) is 0 Å². The largest absolute Gasteiger partial charge is 0.381 e. The van der Waals surface area contributed by atoms with Gasteiger partial charge in [0.1, 0.15) is 0 Å². The molecule has 1 aromatic carbocycles. The summed E-state index contributed by atoms with van der Waals surface area (Å²) < 4.78 is 0. The molecule has 24 heavy (non-hydrogen) atoms. The van der Waals surface area contributed by atoms with Gasteiger partial charge in [-0.15, -0.1) is 11.8 Å². The number of halogens is 1. The number of fused-ring (bicyclic) bond motifs is 1. The van der Waals surface area contributed by atoms with Crippen LogP contribution in [0.2, 0.25) is 5.02 Å². The number of hydrogen-bond donors (Lipinski definition) is 1. The van der Waals surface area contributed by atoms with Gasteiger partial charge < -0.3 is 10.2 Å². The lowest BCUT2D eigenvalue weighted by atomic mass is 10.1. The van der Waals surface area contributed by atoms with Crippen molar-refractivity contribution in [2.24, 2.45) is 0 Å². The molecule has 1 aromatic heterocycles. The van der Waals surface area contributed by atoms with Crippen LogP contribution in [-0.2, 0) is 0 Å². The van der Waals surface area contributed by atoms with Crippen molar-refractivity contribution in [2.75, 3.05) is 31.2 Å². The Kier molecular flexibility index (Phi) is 7.66. The average molecular weight is 366 g/mol. The minimum atomic E-state index is 0.424. The summed E-state index contributed by atoms with van der Waals surface area (Å²) in [6, 6.07) is 6.35. The first-order valence-electron chi connectivity index (χ1n) is 8.70. The molecule has 0 amide bonds. The highest BCUT2D eigenvalue weighted by Gasteiger charge is 2.12. The molecule has 1 unspecified atom stereocenters. The first-order valence-corrected chi connectivity index (χ1v) is 10.3. The topological polar surface area (TPSA) is 28.2 Å². The van der Waals surface area contributed by atoms with E-state index in [0.717, 1.165) is 35.4 Å². The third kappa shape index (κ3) is 5.01. The summed E-state index contributed by atoms with van der Waals surface area (Å²) >= 11 is 7.83. The lowest BCUT2D eigenvalue weighted by molar-refractivity contribution is 0.295. The zero-order valence-electron chi connectivity index (χ0n) is 15.1. The quantitative estimate of drug-likeness (QED) is 0.591. The molecule has 0 aliphatic rings. The van der Waals surface area contributed by atoms with Crippen molar-refractivity contribution >= 4 is 40.0 Å². The average Bonchev–Trinajstić information content (AvgIpc) is 2.58. The number of pyridine rings is 1. The number of anilines is 1. The zero-order valence-corrected chi connectivity index (χ0v) is 16.7. The number of aromatic nitrogens is 1. The fourth-order valence-corrected chi connectivity index (χ4v) is 3.63. The summed E-state index contributed by atoms with van der Waals surface area (Å²) in [5.74, 6) is 0. The van der Waals surface area contributed by atoms with Crippen LogP contribution >= 0.6 is 23.4 Å². The molecule has 132 valence electrons. The Hall–Kier alpha value is -0.970. The monoisotopic (exact) mass is 365 g/mol. The van der Waals surface area contributed by atoms with Crippen LogP contribution in [0.15, 0.2) is 29.3 Å². The van der Waals surface area contributed by atoms with E-state index in [2.05, 4.69) is 48.3 Å². The minimum absolute atomic E-state index is 0.424. The molecule has 3 nitrogen and oxygen atoms in total. The van der Waals surface area contributed by atoms with Crippen LogP contribution in [0.25, 0.3) is 10.9 Å². The van der Waals surface area contributed by atoms with Crippen LogP contribution < -0.4 is 5.32 Å². The van der Waals surface area contributed by atoms with Crippen molar-refractivity contribution in [1.82, 2.24) is 9.88 Å². The summed E-state index contributed by atoms with van der Waals surface area (Å²) in [4.78, 5) is 8.19. The fourth-order valence-electron chi connectivity index (χ4n) is 2.93. The van der Waals surface area contributed by atoms with Gasteiger partial charge in [-0.3, -0.25) is 4.98 Å². The van der Waals surface area contributed by atoms with Gasteiger partial charge in [0.15, 0.2) is 0 Å². The molecule has 0 radical (unpaired) electrons. The highest BCUT2D eigenvalue weighted by atomic mass is 35.5. The summed E-state index contributed by atoms with van der Waals surface area (Å²) in [6.07, 6.45) is 6.39. The van der Waals surface area contributed by atoms with Gasteiger partial charge in [0.25, 0.3) is 0 Å². The second-order valence-electron chi connectivity index (χ2n) is 6.08. The first kappa shape index (κ1) is 19.4. The van der Waals surface area contributed by atoms with Crippen molar-refractivity contribution in [3.8, 4) is 0 Å². The Labute approximate surface area is 155 Å². The number of nitrogens with one attached hydrogen (secondary N) is 1. The summed E-state index contributed by atoms with van der Waals surface area (Å²) in [5.41, 5.74) is 2.12. The Morgan fingerprint density at radius 2 is 2.04 bits per heavy atom. The van der Waals surface area contributed by atoms with E-state index in [1.807, 2.05) is 18.3 Å². The van der Waals surface area contributed by atoms with E-state index in [4.69, 9.17) is 11.6 Å². The maximum absolute atomic E-state index is 6.11. The lowest BCUT2D eigenvalue weighted by Crippen LogP contribution is -2.25. The van der Waals surface area contributed by atoms with E-state index in [9.17, 15) is 0 Å². The van der Waals surface area contributed by atoms with Crippen molar-refractivity contribution in [3.05, 3.63) is 29.4 Å². The summed E-state index contributed by atoms with van der Waals surface area (Å²) in [5, 5.41) is 5.58. The van der Waals surface area contributed by atoms with Gasteiger partial charge in [0, 0.05) is 27.5 Å². The van der Waals surface area contributed by atoms with Gasteiger partial charge >= 0.3 is 0 Å². The Morgan fingerprint density at radius 1 is 1.29 bits per heavy atom. The van der Waals surface area contributed by atoms with Gasteiger partial charge in [0.2, 0.25) is 0 Å². The Morgan fingerprint density at radius 3 is 2.71 bits per heavy atom. The van der Waals surface area contributed by atoms with E-state index in [1.165, 1.54) is 23.5 Å². The van der Waals surface area contributed by atoms with E-state index in [0.29, 0.717) is 6.04 Å². The molecule has 0 fully saturated rings. The zero-order chi connectivity index (χ0) is 17.5. The molecule has 2 aromatic rings. The van der Waals surface area contributed by atoms with E-state index >= 15 is 0 Å². The molecular formula is C19H28ClN3S. The first-order chi connectivity index (χ1) is 11.6. The van der Waals surface area contributed by atoms with Crippen molar-refractivity contribution in [1.29, 1.82) is 0 Å². The van der Waals surface area contributed by atoms with Crippen LogP contribution in [0.4, 0.5) is 5.69 Å². The van der Waals surface area contributed by atoms with E-state index in [1.54, 1.807) is 11.8 Å². The number of rotatable bonds is 9. The maximum atomic E-state index is 6.11. The lowest BCUT2D eigenvalue weighted by Gasteiger charge is -2.22. The maximum Gasteiger partial charge on any atom is 0.0738 e. The Bertz CT molecular complexity index is 658. The summed E-state index contributed by atoms with van der Waals surface area (Å²) in [7, 11) is 0. The van der Waals surface area contributed by atoms with Crippen molar-refractivity contribution in [2.45, 2.75) is 44.6 Å². The predicted octanol–water partition coefficient (Wildman–Crippen LogP) is 5.53. The second-order valence-corrected chi connectivity index (χ2v) is 7.36. The standard InChI is InChI=1S/C19H28ClN3S/c1-5-23(6-2)11-7-8-14(3)22-19-16-10-9-15(20)12-17(16)21-13-18(19)24-4/h9-10,12-14H,5-8,11H2,1-4H3,(H,21,22). The number of thioether (sulfide) groups is 1. The smallest absolute Gasteiger partial charge is 0.0738 e. The van der Waals surface area contributed by atoms with Gasteiger partial charge in [0.05, 0.1) is 11.2 Å². The molecule has 0 saturated carbocycles. The minimum Gasteiger partial charge on any atom is -0.381 e. The van der Waals surface area contributed by atoms with Crippen molar-refractivity contribution in [3.63, 3.8) is 0 Å². The van der Waals surface area contributed by atoms with E-state index in [-0.39, 0.29) is 0 Å². The van der Waals surface area contributed by atoms with Crippen LogP contribution in [0.1, 0.15) is 33.6 Å². The number of hydrogen-bond acceptors (Lipinski definition) is 4. The SMILES string of the molecule is CCN(CC)CCCC(C)Nc1c(SC)cnc2cc(Cl)ccc12. The number of benzene rings is 1. The van der Waals surface area contributed by atoms with Crippen molar-refractivity contribution < 1.29 is 0 Å². The predicted molar refractivity (Wildman–Crippen MR) is 109 cm³/mol.